The van der Waals surface area contributed by atoms with E-state index in [1.807, 2.05) is 16.6 Å². The van der Waals surface area contributed by atoms with Gasteiger partial charge in [-0.3, -0.25) is 0 Å². The minimum atomic E-state index is -4.57. The van der Waals surface area contributed by atoms with E-state index in [-0.39, 0.29) is 10.7 Å². The quantitative estimate of drug-likeness (QED) is 0.287. The predicted molar refractivity (Wildman–Crippen MR) is 150 cm³/mol. The first-order chi connectivity index (χ1) is 19.7. The minimum absolute atomic E-state index is 0.0152. The van der Waals surface area contributed by atoms with Crippen LogP contribution in [0.3, 0.4) is 0 Å². The normalized spacial score (nSPS) is 14.4. The number of nitrogens with one attached hydrogen (secondary N) is 2. The van der Waals surface area contributed by atoms with Crippen LogP contribution in [0.4, 0.5) is 29.3 Å². The van der Waals surface area contributed by atoms with Crippen molar-refractivity contribution in [2.45, 2.75) is 19.3 Å². The second-order valence-electron chi connectivity index (χ2n) is 9.31. The number of carbonyl (C=O) groups is 1. The number of rotatable bonds is 7. The number of carbonyl (C=O) groups excluding carboxylic acids is 1. The van der Waals surface area contributed by atoms with Crippen molar-refractivity contribution in [2.75, 3.05) is 44.0 Å². The Hall–Kier alpha value is -3.15. The van der Waals surface area contributed by atoms with Gasteiger partial charge in [-0.25, -0.2) is 0 Å². The molecule has 3 heterocycles. The molecule has 0 unspecified atom stereocenters. The van der Waals surface area contributed by atoms with Crippen molar-refractivity contribution >= 4 is 55.9 Å². The topological polar surface area (TPSA) is 93.0 Å². The Morgan fingerprint density at radius 3 is 2.56 bits per heavy atom. The molecule has 0 bridgehead atoms. The molecule has 41 heavy (non-hydrogen) atoms. The Morgan fingerprint density at radius 2 is 1.88 bits per heavy atom. The van der Waals surface area contributed by atoms with E-state index in [1.54, 1.807) is 19.2 Å². The Labute approximate surface area is 247 Å². The first-order valence-corrected chi connectivity index (χ1v) is 13.9. The van der Waals surface area contributed by atoms with Crippen LogP contribution in [0.2, 0.25) is 5.02 Å². The van der Waals surface area contributed by atoms with Crippen LogP contribution in [0.15, 0.2) is 48.8 Å². The van der Waals surface area contributed by atoms with Crippen LogP contribution in [0.1, 0.15) is 16.8 Å². The molecule has 0 aliphatic carbocycles. The van der Waals surface area contributed by atoms with E-state index in [1.165, 1.54) is 6.33 Å². The average molecular weight is 649 g/mol. The molecule has 0 spiro atoms. The van der Waals surface area contributed by atoms with Crippen LogP contribution < -0.4 is 15.1 Å². The third kappa shape index (κ3) is 6.52. The molecular formula is C27H25AsClF3N6O3. The van der Waals surface area contributed by atoms with Gasteiger partial charge in [0.2, 0.25) is 0 Å². The van der Waals surface area contributed by atoms with Crippen molar-refractivity contribution in [1.82, 2.24) is 19.5 Å². The van der Waals surface area contributed by atoms with Gasteiger partial charge in [0.05, 0.1) is 5.56 Å². The number of urea groups is 1. The summed E-state index contributed by atoms with van der Waals surface area (Å²) in [6, 6.07) is 9.10. The Kier molecular flexibility index (Phi) is 8.86. The molecule has 2 aromatic carbocycles. The van der Waals surface area contributed by atoms with Gasteiger partial charge < -0.3 is 0 Å². The number of amides is 2. The number of fused-ring (bicyclic) bond motifs is 1. The molecule has 1 aliphatic heterocycles. The number of halogens is 4. The van der Waals surface area contributed by atoms with E-state index in [2.05, 4.69) is 42.5 Å². The van der Waals surface area contributed by atoms with Crippen LogP contribution in [0.25, 0.3) is 16.6 Å². The van der Waals surface area contributed by atoms with Gasteiger partial charge in [0, 0.05) is 0 Å². The van der Waals surface area contributed by atoms with Gasteiger partial charge in [-0.1, -0.05) is 11.6 Å². The first kappa shape index (κ1) is 29.3. The number of aromatic nitrogens is 3. The third-order valence-electron chi connectivity index (χ3n) is 6.65. The zero-order valence-corrected chi connectivity index (χ0v) is 24.5. The van der Waals surface area contributed by atoms with Crippen molar-refractivity contribution in [2.24, 2.45) is 0 Å². The SMILES string of the molecule is COCc1c(-c2ccc(NC(=O)Nc3cc(C(F)(F)F)ccc3Cl)cc2)c2c([As])ncnn2c1CN1CCOCC1. The van der Waals surface area contributed by atoms with E-state index in [0.717, 1.165) is 63.7 Å². The van der Waals surface area contributed by atoms with Crippen LogP contribution in [0.5, 0.6) is 0 Å². The summed E-state index contributed by atoms with van der Waals surface area (Å²) in [5.41, 5.74) is 3.94. The molecule has 2 N–H and O–H groups in total. The van der Waals surface area contributed by atoms with E-state index < -0.39 is 17.8 Å². The fourth-order valence-corrected chi connectivity index (χ4v) is 5.44. The van der Waals surface area contributed by atoms with Gasteiger partial charge in [-0.2, -0.15) is 13.2 Å². The zero-order valence-electron chi connectivity index (χ0n) is 21.8. The molecule has 2 amide bonds. The fraction of sp³-hybridized carbons (Fsp3) is 0.296. The Bertz CT molecular complexity index is 1560. The molecule has 1 fully saturated rings. The van der Waals surface area contributed by atoms with Gasteiger partial charge in [0.25, 0.3) is 0 Å². The maximum absolute atomic E-state index is 13.1. The zero-order chi connectivity index (χ0) is 29.1. The van der Waals surface area contributed by atoms with Crippen LogP contribution >= 0.6 is 11.6 Å². The predicted octanol–water partition coefficient (Wildman–Crippen LogP) is 4.48. The molecule has 2 radical (unpaired) electrons. The number of benzene rings is 2. The molecule has 9 nitrogen and oxygen atoms in total. The van der Waals surface area contributed by atoms with Crippen molar-refractivity contribution in [3.05, 3.63) is 70.6 Å². The molecule has 2 aromatic heterocycles. The molecule has 214 valence electrons. The van der Waals surface area contributed by atoms with Crippen molar-refractivity contribution in [3.8, 4) is 11.1 Å². The summed E-state index contributed by atoms with van der Waals surface area (Å²) in [5.74, 6) is 0. The number of hydrogen-bond acceptors (Lipinski definition) is 6. The molecule has 1 saturated heterocycles. The first-order valence-electron chi connectivity index (χ1n) is 12.6. The molecule has 14 heteroatoms. The van der Waals surface area contributed by atoms with Crippen molar-refractivity contribution < 1.29 is 27.4 Å². The van der Waals surface area contributed by atoms with Gasteiger partial charge in [0.1, 0.15) is 0 Å². The summed E-state index contributed by atoms with van der Waals surface area (Å²) in [7, 11) is 1.64. The fourth-order valence-electron chi connectivity index (χ4n) is 4.73. The van der Waals surface area contributed by atoms with Crippen molar-refractivity contribution in [3.63, 3.8) is 0 Å². The van der Waals surface area contributed by atoms with Gasteiger partial charge in [-0.15, -0.1) is 0 Å². The second-order valence-corrected chi connectivity index (χ2v) is 10.6. The number of nitrogens with zero attached hydrogens (tertiary/aromatic N) is 4. The molecular weight excluding hydrogens is 624 g/mol. The van der Waals surface area contributed by atoms with Gasteiger partial charge in [0.15, 0.2) is 0 Å². The number of alkyl halides is 3. The summed E-state index contributed by atoms with van der Waals surface area (Å²) in [4.78, 5) is 19.3. The number of hydrogen-bond donors (Lipinski definition) is 2. The van der Waals surface area contributed by atoms with E-state index in [9.17, 15) is 18.0 Å². The maximum atomic E-state index is 13.1. The second kappa shape index (κ2) is 12.4. The van der Waals surface area contributed by atoms with E-state index in [4.69, 9.17) is 21.1 Å². The monoisotopic (exact) mass is 648 g/mol. The van der Waals surface area contributed by atoms with Crippen LogP contribution in [0, 0.1) is 0 Å². The number of ether oxygens (including phenoxy) is 2. The number of morpholine rings is 1. The van der Waals surface area contributed by atoms with E-state index in [0.29, 0.717) is 32.1 Å². The average Bonchev–Trinajstić information content (AvgIpc) is 3.24. The Balaban J connectivity index is 1.42. The Morgan fingerprint density at radius 1 is 1.15 bits per heavy atom. The van der Waals surface area contributed by atoms with Gasteiger partial charge in [-0.05, 0) is 12.1 Å². The summed E-state index contributed by atoms with van der Waals surface area (Å²) < 4.78 is 53.0. The molecule has 1 aliphatic rings. The summed E-state index contributed by atoms with van der Waals surface area (Å²) >= 11 is 8.48. The summed E-state index contributed by atoms with van der Waals surface area (Å²) in [6.45, 7) is 3.97. The van der Waals surface area contributed by atoms with Crippen LogP contribution in [-0.4, -0.2) is 75.8 Å². The van der Waals surface area contributed by atoms with Crippen LogP contribution in [-0.2, 0) is 28.8 Å². The third-order valence-corrected chi connectivity index (χ3v) is 7.67. The molecule has 0 atom stereocenters. The number of methoxy groups -OCH3 is 1. The summed E-state index contributed by atoms with van der Waals surface area (Å²) in [6.07, 6.45) is -3.05. The van der Waals surface area contributed by atoms with E-state index >= 15 is 0 Å². The summed E-state index contributed by atoms with van der Waals surface area (Å²) in [5, 5.41) is 9.56. The molecule has 4 aromatic rings. The molecule has 5 rings (SSSR count). The standard InChI is InChI=1S/C27H25AsClF3N6O3/c1-40-14-19-22(13-37-8-10-41-11-9-37)38-24(25(28)33-15-34-38)23(19)16-2-5-18(6-3-16)35-26(39)36-21-12-17(27(30,31)32)4-7-20(21)29/h2-7,12,15H,8-11,13-14H2,1H3,(H2,35,36,39). The molecule has 0 saturated carbocycles. The number of anilines is 2. The van der Waals surface area contributed by atoms with Gasteiger partial charge >= 0.3 is 205 Å². The van der Waals surface area contributed by atoms with Crippen molar-refractivity contribution in [1.29, 1.82) is 0 Å².